The molecule has 0 radical (unpaired) electrons. The van der Waals surface area contributed by atoms with Crippen LogP contribution < -0.4 is 0 Å². The fraction of sp³-hybridized carbons (Fsp3) is 0.936. The summed E-state index contributed by atoms with van der Waals surface area (Å²) in [4.78, 5) is 12.7. The fourth-order valence-corrected chi connectivity index (χ4v) is 13.6. The molecule has 0 amide bonds. The Hall–Kier alpha value is -1.27. The number of hydrogen-bond donors (Lipinski definition) is 7. The van der Waals surface area contributed by atoms with Gasteiger partial charge in [-0.1, -0.05) is 25.5 Å². The van der Waals surface area contributed by atoms with Gasteiger partial charge in [-0.25, -0.2) is 0 Å². The molecule has 4 aliphatic carbocycles. The van der Waals surface area contributed by atoms with Crippen molar-refractivity contribution in [2.45, 2.75) is 241 Å². The van der Waals surface area contributed by atoms with Crippen LogP contribution in [0, 0.1) is 22.7 Å². The largest absolute Gasteiger partial charge is 0.392 e. The number of hydrogen-bond acceptors (Lipinski definition) is 18. The van der Waals surface area contributed by atoms with Crippen molar-refractivity contribution < 1.29 is 87.9 Å². The molecule has 8 rings (SSSR count). The summed E-state index contributed by atoms with van der Waals surface area (Å²) in [6.45, 7) is 12.3. The second kappa shape index (κ2) is 18.8. The number of aliphatic hydroxyl groups excluding tert-OH is 5. The van der Waals surface area contributed by atoms with Gasteiger partial charge in [-0.3, -0.25) is 4.79 Å². The van der Waals surface area contributed by atoms with Crippen LogP contribution in [-0.2, 0) is 52.2 Å². The number of methoxy groups -OCH3 is 2. The van der Waals surface area contributed by atoms with Gasteiger partial charge in [-0.2, -0.15) is 0 Å². The summed E-state index contributed by atoms with van der Waals surface area (Å²) >= 11 is 0. The Morgan fingerprint density at radius 2 is 1.17 bits per heavy atom. The molecule has 0 bridgehead atoms. The van der Waals surface area contributed by atoms with E-state index in [9.17, 15) is 40.5 Å². The number of ether oxygens (including phenoxy) is 10. The SMILES string of the molecule is COC1CC(OC2C(O)CC(OC3C(O)CC(OC4C(C)OC(OC5CCC6(C)C(=CCC7(O)C6CC(O)C6(C)C(C(C)=O)CC(O)C76O)C5)CC4OC)OC3C)OC2C)OC(C)C1O. The van der Waals surface area contributed by atoms with Crippen LogP contribution >= 0.6 is 0 Å². The van der Waals surface area contributed by atoms with E-state index in [-0.39, 0.29) is 44.0 Å². The van der Waals surface area contributed by atoms with Crippen LogP contribution in [0.1, 0.15) is 113 Å². The van der Waals surface area contributed by atoms with Gasteiger partial charge >= 0.3 is 0 Å². The highest BCUT2D eigenvalue weighted by molar-refractivity contribution is 5.80. The van der Waals surface area contributed by atoms with E-state index in [1.165, 1.54) is 14.0 Å². The van der Waals surface area contributed by atoms with E-state index in [4.69, 9.17) is 47.4 Å². The fourth-order valence-electron chi connectivity index (χ4n) is 13.6. The topological polar surface area (TPSA) is 251 Å². The molecule has 7 N–H and O–H groups in total. The molecule has 0 aromatic carbocycles. The zero-order valence-electron chi connectivity index (χ0n) is 39.4. The van der Waals surface area contributed by atoms with Crippen molar-refractivity contribution in [3.8, 4) is 0 Å². The van der Waals surface area contributed by atoms with Gasteiger partial charge in [0, 0.05) is 57.2 Å². The summed E-state index contributed by atoms with van der Waals surface area (Å²) in [5.74, 6) is -1.56. The van der Waals surface area contributed by atoms with Crippen molar-refractivity contribution in [2.75, 3.05) is 14.2 Å². The van der Waals surface area contributed by atoms with Crippen molar-refractivity contribution in [3.05, 3.63) is 11.6 Å². The molecule has 18 nitrogen and oxygen atoms in total. The number of fused-ring (bicyclic) bond motifs is 5. The first-order valence-corrected chi connectivity index (χ1v) is 23.9. The molecule has 0 aromatic rings. The average Bonchev–Trinajstić information content (AvgIpc) is 3.47. The number of aliphatic hydroxyl groups is 7. The van der Waals surface area contributed by atoms with E-state index < -0.39 is 144 Å². The molecule has 0 spiro atoms. The van der Waals surface area contributed by atoms with Crippen molar-refractivity contribution in [2.24, 2.45) is 22.7 Å². The van der Waals surface area contributed by atoms with Crippen molar-refractivity contribution >= 4 is 5.78 Å². The smallest absolute Gasteiger partial charge is 0.161 e. The third kappa shape index (κ3) is 8.53. The highest BCUT2D eigenvalue weighted by atomic mass is 16.8. The predicted molar refractivity (Wildman–Crippen MR) is 226 cm³/mol. The lowest BCUT2D eigenvalue weighted by Crippen LogP contribution is -2.78. The first-order valence-electron chi connectivity index (χ1n) is 23.9. The third-order valence-electron chi connectivity index (χ3n) is 17.4. The molecule has 18 heteroatoms. The number of carbonyl (C=O) groups excluding carboxylic acids is 1. The number of rotatable bonds is 11. The maximum atomic E-state index is 12.7. The first-order chi connectivity index (χ1) is 30.6. The Kier molecular flexibility index (Phi) is 14.5. The summed E-state index contributed by atoms with van der Waals surface area (Å²) in [5, 5.41) is 80.7. The molecule has 0 aromatic heterocycles. The molecule has 25 atom stereocenters. The molecule has 25 unspecified atom stereocenters. The minimum absolute atomic E-state index is 0.0152. The highest BCUT2D eigenvalue weighted by Crippen LogP contribution is 2.69. The van der Waals surface area contributed by atoms with Gasteiger partial charge in [0.1, 0.15) is 41.4 Å². The van der Waals surface area contributed by atoms with Crippen LogP contribution in [-0.4, -0.2) is 184 Å². The van der Waals surface area contributed by atoms with Crippen molar-refractivity contribution in [1.29, 1.82) is 0 Å². The Morgan fingerprint density at radius 3 is 1.72 bits per heavy atom. The maximum absolute atomic E-state index is 12.7. The lowest BCUT2D eigenvalue weighted by atomic mass is 9.42. The lowest BCUT2D eigenvalue weighted by Gasteiger charge is -2.66. The third-order valence-corrected chi connectivity index (χ3v) is 17.4. The zero-order valence-corrected chi connectivity index (χ0v) is 39.4. The van der Waals surface area contributed by atoms with E-state index in [0.29, 0.717) is 32.1 Å². The van der Waals surface area contributed by atoms with Crippen molar-refractivity contribution in [3.63, 3.8) is 0 Å². The minimum Gasteiger partial charge on any atom is -0.392 e. The molecule has 7 fully saturated rings. The Balaban J connectivity index is 0.832. The molecule has 4 saturated heterocycles. The molecule has 3 saturated carbocycles. The molecular formula is C47H76O18. The van der Waals surface area contributed by atoms with Gasteiger partial charge in [0.2, 0.25) is 0 Å². The Labute approximate surface area is 382 Å². The van der Waals surface area contributed by atoms with Crippen molar-refractivity contribution in [1.82, 2.24) is 0 Å². The summed E-state index contributed by atoms with van der Waals surface area (Å²) in [5.41, 5.74) is -4.75. The second-order valence-corrected chi connectivity index (χ2v) is 21.0. The number of ketones is 1. The molecule has 65 heavy (non-hydrogen) atoms. The van der Waals surface area contributed by atoms with Gasteiger partial charge in [0.25, 0.3) is 0 Å². The molecule has 4 aliphatic heterocycles. The monoisotopic (exact) mass is 929 g/mol. The van der Waals surface area contributed by atoms with Crippen LogP contribution in [0.15, 0.2) is 11.6 Å². The van der Waals surface area contributed by atoms with E-state index in [2.05, 4.69) is 6.92 Å². The lowest BCUT2D eigenvalue weighted by molar-refractivity contribution is -0.345. The van der Waals surface area contributed by atoms with Crippen LogP contribution in [0.3, 0.4) is 0 Å². The molecular weight excluding hydrogens is 852 g/mol. The Morgan fingerprint density at radius 1 is 0.662 bits per heavy atom. The average molecular weight is 929 g/mol. The van der Waals surface area contributed by atoms with Gasteiger partial charge in [0.15, 0.2) is 25.2 Å². The number of carbonyl (C=O) groups is 1. The van der Waals surface area contributed by atoms with Gasteiger partial charge in [0.05, 0.1) is 67.1 Å². The quantitative estimate of drug-likeness (QED) is 0.145. The summed E-state index contributed by atoms with van der Waals surface area (Å²) in [6.07, 6.45) is -8.61. The summed E-state index contributed by atoms with van der Waals surface area (Å²) < 4.78 is 61.4. The number of Topliss-reactive ketones (excluding diaryl/α,β-unsaturated/α-hetero) is 1. The van der Waals surface area contributed by atoms with E-state index in [1.54, 1.807) is 34.8 Å². The second-order valence-electron chi connectivity index (χ2n) is 21.0. The zero-order chi connectivity index (χ0) is 47.1. The van der Waals surface area contributed by atoms with E-state index in [0.717, 1.165) is 5.57 Å². The van der Waals surface area contributed by atoms with E-state index in [1.807, 2.05) is 13.0 Å². The molecule has 8 aliphatic rings. The van der Waals surface area contributed by atoms with Gasteiger partial charge in [-0.15, -0.1) is 0 Å². The molecule has 4 heterocycles. The maximum Gasteiger partial charge on any atom is 0.161 e. The van der Waals surface area contributed by atoms with Crippen LogP contribution in [0.5, 0.6) is 0 Å². The molecule has 372 valence electrons. The first kappa shape index (κ1) is 50.1. The Bertz CT molecular complexity index is 1700. The predicted octanol–water partition coefficient (Wildman–Crippen LogP) is 1.52. The minimum atomic E-state index is -2.08. The standard InChI is InChI=1S/C47H76O18/c1-21(48)28-15-35(52)47(55)45(28,7)34(51)20-33-44(6)12-11-27(14-26(44)10-13-46(33,47)54)62-38-19-32(57-9)43(25(5)61-38)65-37-17-30(50)41(23(3)60-37)63-36-16-29(49)42(24(4)59-36)64-39-18-31(56-8)40(53)22(2)58-39/h10,22-25,27-43,49-55H,11-20H2,1-9H3. The van der Waals surface area contributed by atoms with Crippen LogP contribution in [0.25, 0.3) is 0 Å². The van der Waals surface area contributed by atoms with Gasteiger partial charge < -0.3 is 83.1 Å². The highest BCUT2D eigenvalue weighted by Gasteiger charge is 2.79. The normalized spacial score (nSPS) is 54.8. The summed E-state index contributed by atoms with van der Waals surface area (Å²) in [7, 11) is 3.13. The van der Waals surface area contributed by atoms with E-state index >= 15 is 0 Å². The van der Waals surface area contributed by atoms with Crippen LogP contribution in [0.4, 0.5) is 0 Å². The van der Waals surface area contributed by atoms with Gasteiger partial charge in [-0.05, 0) is 78.6 Å². The summed E-state index contributed by atoms with van der Waals surface area (Å²) in [6, 6.07) is 0. The van der Waals surface area contributed by atoms with Crippen LogP contribution in [0.2, 0.25) is 0 Å².